The van der Waals surface area contributed by atoms with Crippen molar-refractivity contribution in [3.63, 3.8) is 0 Å². The fraction of sp³-hybridized carbons (Fsp3) is 0.200. The van der Waals surface area contributed by atoms with E-state index in [9.17, 15) is 13.2 Å². The summed E-state index contributed by atoms with van der Waals surface area (Å²) in [5.74, 6) is 0.356. The summed E-state index contributed by atoms with van der Waals surface area (Å²) in [6.45, 7) is 0. The fourth-order valence-corrected chi connectivity index (χ4v) is 2.04. The molecule has 0 bridgehead atoms. The molecule has 0 aromatic heterocycles. The van der Waals surface area contributed by atoms with Gasteiger partial charge in [0.25, 0.3) is 16.0 Å². The van der Waals surface area contributed by atoms with Crippen LogP contribution in [0.1, 0.15) is 6.42 Å². The summed E-state index contributed by atoms with van der Waals surface area (Å²) in [5.41, 5.74) is 3.26. The number of hydrogen-bond donors (Lipinski definition) is 2. The molecule has 1 heterocycles. The molecule has 1 aromatic rings. The van der Waals surface area contributed by atoms with Crippen molar-refractivity contribution in [3.8, 4) is 0 Å². The summed E-state index contributed by atoms with van der Waals surface area (Å²) in [6, 6.07) is 5.29. The Morgan fingerprint density at radius 2 is 1.94 bits per heavy atom. The second-order valence-electron chi connectivity index (χ2n) is 3.66. The molecule has 96 valence electrons. The average molecular weight is 269 g/mol. The molecule has 0 spiro atoms. The van der Waals surface area contributed by atoms with Crippen LogP contribution in [0.4, 0.5) is 5.69 Å². The third-order valence-electron chi connectivity index (χ3n) is 2.47. The summed E-state index contributed by atoms with van der Waals surface area (Å²) in [7, 11) is -2.65. The number of carbonyl (C=O) groups is 1. The highest BCUT2D eigenvalue weighted by Crippen LogP contribution is 2.19. The second kappa shape index (κ2) is 4.39. The minimum Gasteiger partial charge on any atom is -0.282 e. The minimum absolute atomic E-state index is 0.177. The van der Waals surface area contributed by atoms with Gasteiger partial charge in [-0.1, -0.05) is 0 Å². The number of rotatable bonds is 2. The Balaban J connectivity index is 2.29. The number of anilines is 1. The highest BCUT2D eigenvalue weighted by atomic mass is 32.2. The molecule has 1 aliphatic rings. The first kappa shape index (κ1) is 12.5. The molecule has 1 amide bonds. The number of nitrogens with zero attached hydrogens (tertiary/aromatic N) is 2. The third-order valence-corrected chi connectivity index (χ3v) is 3.34. The van der Waals surface area contributed by atoms with Crippen LogP contribution in [0.2, 0.25) is 0 Å². The first-order valence-electron chi connectivity index (χ1n) is 5.04. The van der Waals surface area contributed by atoms with Gasteiger partial charge in [0.15, 0.2) is 0 Å². The lowest BCUT2D eigenvalue weighted by atomic mass is 10.3. The second-order valence-corrected chi connectivity index (χ2v) is 5.08. The van der Waals surface area contributed by atoms with Crippen molar-refractivity contribution in [1.82, 2.24) is 5.43 Å². The van der Waals surface area contributed by atoms with E-state index in [2.05, 4.69) is 10.4 Å². The molecule has 0 saturated carbocycles. The van der Waals surface area contributed by atoms with E-state index in [1.807, 2.05) is 0 Å². The van der Waals surface area contributed by atoms with Crippen LogP contribution in [0.25, 0.3) is 0 Å². The Kier molecular flexibility index (Phi) is 3.05. The van der Waals surface area contributed by atoms with Crippen LogP contribution in [-0.4, -0.2) is 31.8 Å². The number of hydrogen-bond acceptors (Lipinski definition) is 4. The molecule has 0 unspecified atom stereocenters. The van der Waals surface area contributed by atoms with E-state index < -0.39 is 10.1 Å². The molecule has 8 heteroatoms. The Labute approximate surface area is 104 Å². The topological polar surface area (TPSA) is 99.1 Å². The number of amidine groups is 1. The molecule has 2 N–H and O–H groups in total. The molecule has 1 aliphatic heterocycles. The van der Waals surface area contributed by atoms with E-state index in [-0.39, 0.29) is 17.2 Å². The van der Waals surface area contributed by atoms with Crippen molar-refractivity contribution >= 4 is 27.5 Å². The molecule has 1 aromatic carbocycles. The smallest absolute Gasteiger partial charge is 0.282 e. The van der Waals surface area contributed by atoms with E-state index >= 15 is 0 Å². The zero-order chi connectivity index (χ0) is 13.3. The third kappa shape index (κ3) is 2.34. The lowest BCUT2D eigenvalue weighted by Gasteiger charge is -2.15. The maximum absolute atomic E-state index is 11.6. The van der Waals surface area contributed by atoms with Gasteiger partial charge in [0.1, 0.15) is 5.84 Å². The average Bonchev–Trinajstić information content (AvgIpc) is 2.70. The van der Waals surface area contributed by atoms with Crippen molar-refractivity contribution in [2.75, 3.05) is 12.1 Å². The van der Waals surface area contributed by atoms with Crippen LogP contribution in [0.15, 0.2) is 34.2 Å². The van der Waals surface area contributed by atoms with Gasteiger partial charge in [0, 0.05) is 7.05 Å². The highest BCUT2D eigenvalue weighted by Gasteiger charge is 2.26. The lowest BCUT2D eigenvalue weighted by molar-refractivity contribution is -0.116. The van der Waals surface area contributed by atoms with Crippen molar-refractivity contribution < 1.29 is 17.8 Å². The van der Waals surface area contributed by atoms with Crippen LogP contribution < -0.4 is 10.4 Å². The minimum atomic E-state index is -4.22. The van der Waals surface area contributed by atoms with Crippen molar-refractivity contribution in [3.05, 3.63) is 24.3 Å². The summed E-state index contributed by atoms with van der Waals surface area (Å²) in [5, 5.41) is 1.27. The SMILES string of the molecule is CN=C1CC(=O)N(c2ccc(S(=O)(=O)O)cc2)N1. The number of amides is 1. The van der Waals surface area contributed by atoms with Crippen molar-refractivity contribution in [2.45, 2.75) is 11.3 Å². The molecule has 0 atom stereocenters. The van der Waals surface area contributed by atoms with E-state index in [0.717, 1.165) is 0 Å². The number of carbonyl (C=O) groups excluding carboxylic acids is 1. The van der Waals surface area contributed by atoms with Crippen LogP contribution >= 0.6 is 0 Å². The molecule has 18 heavy (non-hydrogen) atoms. The maximum atomic E-state index is 11.6. The molecular formula is C10H11N3O4S. The van der Waals surface area contributed by atoms with E-state index in [1.54, 1.807) is 7.05 Å². The summed E-state index contributed by atoms with van der Waals surface area (Å²) in [6.07, 6.45) is 0.177. The van der Waals surface area contributed by atoms with Crippen LogP contribution in [0, 0.1) is 0 Å². The Morgan fingerprint density at radius 3 is 2.39 bits per heavy atom. The number of benzene rings is 1. The van der Waals surface area contributed by atoms with Gasteiger partial charge in [0.2, 0.25) is 0 Å². The first-order valence-corrected chi connectivity index (χ1v) is 6.48. The zero-order valence-electron chi connectivity index (χ0n) is 9.49. The Morgan fingerprint density at radius 1 is 1.33 bits per heavy atom. The van der Waals surface area contributed by atoms with Gasteiger partial charge < -0.3 is 0 Å². The van der Waals surface area contributed by atoms with Gasteiger partial charge in [-0.2, -0.15) is 8.42 Å². The quantitative estimate of drug-likeness (QED) is 0.747. The molecule has 0 aliphatic carbocycles. The standard InChI is InChI=1S/C10H11N3O4S/c1-11-9-6-10(14)13(12-9)7-2-4-8(5-3-7)18(15,16)17/h2-5H,6H2,1H3,(H,11,12)(H,15,16,17). The zero-order valence-corrected chi connectivity index (χ0v) is 10.3. The van der Waals surface area contributed by atoms with Gasteiger partial charge >= 0.3 is 0 Å². The fourth-order valence-electron chi connectivity index (χ4n) is 1.56. The highest BCUT2D eigenvalue weighted by molar-refractivity contribution is 7.85. The molecule has 1 fully saturated rings. The summed E-state index contributed by atoms with van der Waals surface area (Å²) < 4.78 is 30.6. The summed E-state index contributed by atoms with van der Waals surface area (Å²) >= 11 is 0. The molecule has 0 radical (unpaired) electrons. The monoisotopic (exact) mass is 269 g/mol. The number of aliphatic imine (C=N–C) groups is 1. The van der Waals surface area contributed by atoms with Gasteiger partial charge in [-0.25, -0.2) is 5.01 Å². The molecular weight excluding hydrogens is 258 g/mol. The van der Waals surface area contributed by atoms with E-state index in [1.165, 1.54) is 29.3 Å². The normalized spacial score (nSPS) is 18.2. The van der Waals surface area contributed by atoms with E-state index in [0.29, 0.717) is 11.5 Å². The van der Waals surface area contributed by atoms with Gasteiger partial charge in [-0.15, -0.1) is 0 Å². The largest absolute Gasteiger partial charge is 0.294 e. The van der Waals surface area contributed by atoms with Crippen LogP contribution in [0.3, 0.4) is 0 Å². The van der Waals surface area contributed by atoms with Crippen LogP contribution in [-0.2, 0) is 14.9 Å². The maximum Gasteiger partial charge on any atom is 0.294 e. The van der Waals surface area contributed by atoms with Gasteiger partial charge in [-0.05, 0) is 24.3 Å². The van der Waals surface area contributed by atoms with E-state index in [4.69, 9.17) is 4.55 Å². The number of nitrogens with one attached hydrogen (secondary N) is 1. The first-order chi connectivity index (χ1) is 8.41. The molecule has 7 nitrogen and oxygen atoms in total. The molecule has 1 saturated heterocycles. The van der Waals surface area contributed by atoms with Gasteiger partial charge in [0.05, 0.1) is 17.0 Å². The van der Waals surface area contributed by atoms with Gasteiger partial charge in [-0.3, -0.25) is 19.8 Å². The lowest BCUT2D eigenvalue weighted by Crippen LogP contribution is -2.35. The van der Waals surface area contributed by atoms with Crippen LogP contribution in [0.5, 0.6) is 0 Å². The summed E-state index contributed by atoms with van der Waals surface area (Å²) in [4.78, 5) is 15.3. The van der Waals surface area contributed by atoms with Crippen molar-refractivity contribution in [1.29, 1.82) is 0 Å². The van der Waals surface area contributed by atoms with Crippen molar-refractivity contribution in [2.24, 2.45) is 4.99 Å². The number of hydrazine groups is 1. The molecule has 2 rings (SSSR count). The Hall–Kier alpha value is -1.93. The predicted molar refractivity (Wildman–Crippen MR) is 64.9 cm³/mol. The predicted octanol–water partition coefficient (Wildman–Crippen LogP) is 0.203. The Bertz CT molecular complexity index is 607.